The number of para-hydroxylation sites is 1. The lowest BCUT2D eigenvalue weighted by Gasteiger charge is -2.11. The number of anilines is 1. The van der Waals surface area contributed by atoms with Crippen molar-refractivity contribution in [2.45, 2.75) is 13.8 Å². The van der Waals surface area contributed by atoms with Gasteiger partial charge in [0.15, 0.2) is 0 Å². The zero-order valence-corrected chi connectivity index (χ0v) is 20.4. The van der Waals surface area contributed by atoms with E-state index in [-0.39, 0.29) is 22.0 Å². The Morgan fingerprint density at radius 2 is 1.94 bits per heavy atom. The first-order valence-electron chi connectivity index (χ1n) is 10.2. The number of esters is 1. The van der Waals surface area contributed by atoms with Crippen molar-refractivity contribution in [2.75, 3.05) is 11.9 Å². The highest BCUT2D eigenvalue weighted by Gasteiger charge is 2.23. The molecule has 0 aliphatic carbocycles. The summed E-state index contributed by atoms with van der Waals surface area (Å²) >= 11 is 13.4. The summed E-state index contributed by atoms with van der Waals surface area (Å²) in [7, 11) is 0. The minimum atomic E-state index is -0.531. The summed E-state index contributed by atoms with van der Waals surface area (Å²) in [6.45, 7) is 3.56. The number of nitrogens with zero attached hydrogens (tertiary/aromatic N) is 2. The highest BCUT2D eigenvalue weighted by Crippen LogP contribution is 2.35. The molecular weight excluding hydrogens is 493 g/mol. The molecule has 0 saturated carbocycles. The van der Waals surface area contributed by atoms with Crippen molar-refractivity contribution in [3.05, 3.63) is 80.1 Å². The van der Waals surface area contributed by atoms with Crippen LogP contribution in [-0.2, 0) is 4.74 Å². The predicted molar refractivity (Wildman–Crippen MR) is 135 cm³/mol. The fourth-order valence-electron chi connectivity index (χ4n) is 3.50. The number of amides is 1. The molecule has 1 N–H and O–H groups in total. The number of ether oxygens (including phenoxy) is 1. The Morgan fingerprint density at radius 3 is 2.65 bits per heavy atom. The lowest BCUT2D eigenvalue weighted by molar-refractivity contribution is 0.0531. The zero-order chi connectivity index (χ0) is 24.4. The third kappa shape index (κ3) is 4.48. The van der Waals surface area contributed by atoms with Gasteiger partial charge in [-0.05, 0) is 49.7 Å². The predicted octanol–water partition coefficient (Wildman–Crippen LogP) is 6.88. The molecule has 0 atom stereocenters. The van der Waals surface area contributed by atoms with Gasteiger partial charge in [-0.1, -0.05) is 41.4 Å². The van der Waals surface area contributed by atoms with Crippen molar-refractivity contribution in [3.8, 4) is 17.3 Å². The number of carbonyl (C=O) groups excluding carboxylic acids is 2. The van der Waals surface area contributed by atoms with Gasteiger partial charge in [0.2, 0.25) is 0 Å². The summed E-state index contributed by atoms with van der Waals surface area (Å²) in [5.74, 6) is -0.978. The third-order valence-electron chi connectivity index (χ3n) is 5.11. The maximum atomic E-state index is 13.4. The first-order chi connectivity index (χ1) is 16.3. The molecule has 9 heteroatoms. The van der Waals surface area contributed by atoms with Crippen LogP contribution in [0.25, 0.3) is 22.2 Å². The summed E-state index contributed by atoms with van der Waals surface area (Å²) in [5.41, 5.74) is 2.77. The van der Waals surface area contributed by atoms with Crippen molar-refractivity contribution in [1.29, 1.82) is 5.26 Å². The van der Waals surface area contributed by atoms with E-state index in [2.05, 4.69) is 16.4 Å². The van der Waals surface area contributed by atoms with E-state index in [0.717, 1.165) is 11.3 Å². The van der Waals surface area contributed by atoms with Crippen molar-refractivity contribution >= 4 is 62.3 Å². The Kier molecular flexibility index (Phi) is 6.85. The smallest absolute Gasteiger partial charge is 0.348 e. The first-order valence-corrected chi connectivity index (χ1v) is 11.8. The van der Waals surface area contributed by atoms with Gasteiger partial charge in [0, 0.05) is 16.0 Å². The van der Waals surface area contributed by atoms with Gasteiger partial charge >= 0.3 is 5.97 Å². The number of pyridine rings is 1. The highest BCUT2D eigenvalue weighted by molar-refractivity contribution is 7.18. The molecule has 34 heavy (non-hydrogen) atoms. The monoisotopic (exact) mass is 509 g/mol. The number of rotatable bonds is 5. The molecule has 4 aromatic rings. The topological polar surface area (TPSA) is 92.1 Å². The molecule has 6 nitrogen and oxygen atoms in total. The van der Waals surface area contributed by atoms with Crippen molar-refractivity contribution in [3.63, 3.8) is 0 Å². The summed E-state index contributed by atoms with van der Waals surface area (Å²) in [5, 5.41) is 14.2. The number of thiophene rings is 1. The van der Waals surface area contributed by atoms with Gasteiger partial charge in [-0.2, -0.15) is 5.26 Å². The minimum Gasteiger partial charge on any atom is -0.462 e. The van der Waals surface area contributed by atoms with Crippen molar-refractivity contribution in [1.82, 2.24) is 4.98 Å². The number of aromatic nitrogens is 1. The lowest BCUT2D eigenvalue weighted by Crippen LogP contribution is -2.13. The van der Waals surface area contributed by atoms with Crippen LogP contribution >= 0.6 is 34.5 Å². The normalized spacial score (nSPS) is 10.7. The Bertz CT molecular complexity index is 1490. The lowest BCUT2D eigenvalue weighted by atomic mass is 10.0. The quantitative estimate of drug-likeness (QED) is 0.296. The van der Waals surface area contributed by atoms with E-state index in [0.29, 0.717) is 43.3 Å². The molecule has 4 rings (SSSR count). The molecule has 0 aliphatic rings. The van der Waals surface area contributed by atoms with Gasteiger partial charge in [0.1, 0.15) is 15.9 Å². The number of hydrogen-bond donors (Lipinski definition) is 1. The third-order valence-corrected chi connectivity index (χ3v) is 6.85. The van der Waals surface area contributed by atoms with E-state index in [1.165, 1.54) is 0 Å². The average Bonchev–Trinajstić information content (AvgIpc) is 3.13. The molecule has 2 aromatic heterocycles. The molecule has 170 valence electrons. The second kappa shape index (κ2) is 9.82. The van der Waals surface area contributed by atoms with Crippen LogP contribution < -0.4 is 5.32 Å². The van der Waals surface area contributed by atoms with Gasteiger partial charge in [0.05, 0.1) is 34.0 Å². The summed E-state index contributed by atoms with van der Waals surface area (Å²) in [6, 6.07) is 16.0. The van der Waals surface area contributed by atoms with Crippen molar-refractivity contribution < 1.29 is 14.3 Å². The van der Waals surface area contributed by atoms with Gasteiger partial charge in [-0.15, -0.1) is 11.3 Å². The standard InChI is InChI=1S/C25H17Cl2N3O3S/c1-3-33-25(32)22-13(2)18(12-28)24(34-22)30-23(31)17-11-21(16-9-8-14(26)10-19(16)27)29-20-7-5-4-6-15(17)20/h4-11H,3H2,1-2H3,(H,30,31). The molecular formula is C25H17Cl2N3O3S. The molecule has 0 radical (unpaired) electrons. The van der Waals surface area contributed by atoms with Crippen LogP contribution in [0.2, 0.25) is 10.0 Å². The number of halogens is 2. The number of hydrogen-bond acceptors (Lipinski definition) is 6. The average molecular weight is 510 g/mol. The molecule has 0 fully saturated rings. The van der Waals surface area contributed by atoms with Crippen molar-refractivity contribution in [2.24, 2.45) is 0 Å². The van der Waals surface area contributed by atoms with E-state index in [1.54, 1.807) is 50.2 Å². The number of nitriles is 1. The van der Waals surface area contributed by atoms with Crippen LogP contribution in [0.1, 0.15) is 38.1 Å². The number of nitrogens with one attached hydrogen (secondary N) is 1. The van der Waals surface area contributed by atoms with E-state index in [9.17, 15) is 14.9 Å². The maximum absolute atomic E-state index is 13.4. The van der Waals surface area contributed by atoms with Crippen LogP contribution in [0.15, 0.2) is 48.5 Å². The van der Waals surface area contributed by atoms with Crippen LogP contribution in [0, 0.1) is 18.3 Å². The van der Waals surface area contributed by atoms with E-state index in [4.69, 9.17) is 27.9 Å². The molecule has 0 aliphatic heterocycles. The Labute approximate surface area is 209 Å². The van der Waals surface area contributed by atoms with Gasteiger partial charge in [0.25, 0.3) is 5.91 Å². The molecule has 0 unspecified atom stereocenters. The van der Waals surface area contributed by atoms with Gasteiger partial charge < -0.3 is 10.1 Å². The van der Waals surface area contributed by atoms with Crippen LogP contribution in [0.3, 0.4) is 0 Å². The summed E-state index contributed by atoms with van der Waals surface area (Å²) < 4.78 is 5.07. The second-order valence-corrected chi connectivity index (χ2v) is 9.11. The maximum Gasteiger partial charge on any atom is 0.348 e. The van der Waals surface area contributed by atoms with Crippen LogP contribution in [0.4, 0.5) is 5.00 Å². The Balaban J connectivity index is 1.80. The van der Waals surface area contributed by atoms with Crippen LogP contribution in [0.5, 0.6) is 0 Å². The fourth-order valence-corrected chi connectivity index (χ4v) is 5.05. The fraction of sp³-hybridized carbons (Fsp3) is 0.120. The van der Waals surface area contributed by atoms with Gasteiger partial charge in [-0.3, -0.25) is 4.79 Å². The SMILES string of the molecule is CCOC(=O)c1sc(NC(=O)c2cc(-c3ccc(Cl)cc3Cl)nc3ccccc23)c(C#N)c1C. The minimum absolute atomic E-state index is 0.207. The molecule has 2 aromatic carbocycles. The Morgan fingerprint density at radius 1 is 1.18 bits per heavy atom. The first kappa shape index (κ1) is 23.7. The largest absolute Gasteiger partial charge is 0.462 e. The molecule has 1 amide bonds. The van der Waals surface area contributed by atoms with E-state index < -0.39 is 11.9 Å². The molecule has 2 heterocycles. The summed E-state index contributed by atoms with van der Waals surface area (Å²) in [4.78, 5) is 30.6. The molecule has 0 bridgehead atoms. The summed E-state index contributed by atoms with van der Waals surface area (Å²) in [6.07, 6.45) is 0. The number of benzene rings is 2. The van der Waals surface area contributed by atoms with Crippen LogP contribution in [-0.4, -0.2) is 23.5 Å². The zero-order valence-electron chi connectivity index (χ0n) is 18.1. The Hall–Kier alpha value is -3.44. The number of fused-ring (bicyclic) bond motifs is 1. The highest BCUT2D eigenvalue weighted by atomic mass is 35.5. The second-order valence-electron chi connectivity index (χ2n) is 7.24. The van der Waals surface area contributed by atoms with Gasteiger partial charge in [-0.25, -0.2) is 9.78 Å². The molecule has 0 saturated heterocycles. The molecule has 0 spiro atoms. The van der Waals surface area contributed by atoms with E-state index >= 15 is 0 Å². The van der Waals surface area contributed by atoms with E-state index in [1.807, 2.05) is 12.1 Å². The number of carbonyl (C=O) groups is 2.